The van der Waals surface area contributed by atoms with Gasteiger partial charge in [0.05, 0.1) is 6.72 Å². The second-order valence-electron chi connectivity index (χ2n) is 6.34. The zero-order valence-electron chi connectivity index (χ0n) is 14.2. The summed E-state index contributed by atoms with van der Waals surface area (Å²) >= 11 is 0. The van der Waals surface area contributed by atoms with E-state index in [1.807, 2.05) is 25.2 Å². The molecular formula is C19H25N3O. The highest BCUT2D eigenvalue weighted by Crippen LogP contribution is 2.29. The molecule has 4 heteroatoms. The van der Waals surface area contributed by atoms with Crippen molar-refractivity contribution in [3.05, 3.63) is 58.6 Å². The monoisotopic (exact) mass is 311 g/mol. The molecular weight excluding hydrogens is 286 g/mol. The maximum absolute atomic E-state index is 7.16. The number of allylic oxidation sites excluding steroid dienone is 6. The van der Waals surface area contributed by atoms with E-state index in [0.29, 0.717) is 17.8 Å². The van der Waals surface area contributed by atoms with Crippen molar-refractivity contribution >= 4 is 6.72 Å². The lowest BCUT2D eigenvalue weighted by Gasteiger charge is -2.31. The number of hydrogen-bond donors (Lipinski definition) is 0. The Morgan fingerprint density at radius 1 is 1.35 bits per heavy atom. The van der Waals surface area contributed by atoms with Crippen molar-refractivity contribution in [2.75, 3.05) is 14.1 Å². The summed E-state index contributed by atoms with van der Waals surface area (Å²) in [7, 11) is 4.32. The first-order valence-corrected chi connectivity index (χ1v) is 8.04. The second kappa shape index (κ2) is 7.94. The first-order valence-electron chi connectivity index (χ1n) is 8.04. The van der Waals surface area contributed by atoms with Gasteiger partial charge in [0.2, 0.25) is 0 Å². The molecule has 0 aromatic heterocycles. The van der Waals surface area contributed by atoms with Crippen LogP contribution in [0.5, 0.6) is 0 Å². The van der Waals surface area contributed by atoms with Crippen LogP contribution in [0.2, 0.25) is 0 Å². The average molecular weight is 311 g/mol. The van der Waals surface area contributed by atoms with Crippen molar-refractivity contribution in [3.63, 3.8) is 0 Å². The first-order chi connectivity index (χ1) is 11.0. The van der Waals surface area contributed by atoms with E-state index < -0.39 is 0 Å². The van der Waals surface area contributed by atoms with Gasteiger partial charge in [0, 0.05) is 11.6 Å². The normalized spacial score (nSPS) is 27.1. The van der Waals surface area contributed by atoms with Crippen molar-refractivity contribution in [2.45, 2.75) is 38.6 Å². The summed E-state index contributed by atoms with van der Waals surface area (Å²) in [5.74, 6) is 2.44. The summed E-state index contributed by atoms with van der Waals surface area (Å²) < 4.78 is 5.73. The van der Waals surface area contributed by atoms with E-state index in [9.17, 15) is 0 Å². The van der Waals surface area contributed by atoms with E-state index >= 15 is 0 Å². The van der Waals surface area contributed by atoms with Gasteiger partial charge in [0.25, 0.3) is 5.82 Å². The lowest BCUT2D eigenvalue weighted by atomic mass is 9.85. The Balaban J connectivity index is 2.04. The van der Waals surface area contributed by atoms with Gasteiger partial charge in [0.1, 0.15) is 11.5 Å². The van der Waals surface area contributed by atoms with Crippen LogP contribution < -0.4 is 0 Å². The Morgan fingerprint density at radius 3 is 2.61 bits per heavy atom. The predicted octanol–water partition coefficient (Wildman–Crippen LogP) is 4.31. The standard InChI is InChI=1S/C19H25N3O/c1-14-12-16(19(20-2)21-3)13-18(23-14)11-8-15-6-9-17(10-7-15)22(4)5/h8,11-13,15,17H,2,6-7,9-10H2,1,4-5H3/b11-8+,19-16+. The fourth-order valence-corrected chi connectivity index (χ4v) is 3.10. The van der Waals surface area contributed by atoms with Gasteiger partial charge in [-0.05, 0) is 70.8 Å². The molecule has 23 heavy (non-hydrogen) atoms. The summed E-state index contributed by atoms with van der Waals surface area (Å²) in [5.41, 5.74) is 0.759. The van der Waals surface area contributed by atoms with Crippen LogP contribution in [0, 0.1) is 12.5 Å². The molecule has 0 atom stereocenters. The highest BCUT2D eigenvalue weighted by atomic mass is 16.5. The number of ether oxygens (including phenoxy) is 1. The van der Waals surface area contributed by atoms with E-state index in [4.69, 9.17) is 11.3 Å². The molecule has 0 radical (unpaired) electrons. The molecule has 0 amide bonds. The average Bonchev–Trinajstić information content (AvgIpc) is 2.54. The van der Waals surface area contributed by atoms with Gasteiger partial charge in [-0.3, -0.25) is 0 Å². The fraction of sp³-hybridized carbons (Fsp3) is 0.474. The predicted molar refractivity (Wildman–Crippen MR) is 94.7 cm³/mol. The van der Waals surface area contributed by atoms with Crippen LogP contribution in [0.15, 0.2) is 52.2 Å². The summed E-state index contributed by atoms with van der Waals surface area (Å²) in [6.07, 6.45) is 12.9. The number of aliphatic imine (C=N–C) groups is 1. The smallest absolute Gasteiger partial charge is 0.276 e. The molecule has 2 aliphatic rings. The Labute approximate surface area is 139 Å². The van der Waals surface area contributed by atoms with Crippen LogP contribution in [0.25, 0.3) is 4.85 Å². The zero-order valence-corrected chi connectivity index (χ0v) is 14.2. The van der Waals surface area contributed by atoms with Gasteiger partial charge in [-0.15, -0.1) is 4.99 Å². The van der Waals surface area contributed by atoms with Crippen molar-refractivity contribution in [3.8, 4) is 0 Å². The third-order valence-corrected chi connectivity index (χ3v) is 4.45. The molecule has 1 fully saturated rings. The molecule has 122 valence electrons. The van der Waals surface area contributed by atoms with Crippen LogP contribution >= 0.6 is 0 Å². The third-order valence-electron chi connectivity index (χ3n) is 4.45. The van der Waals surface area contributed by atoms with Crippen LogP contribution in [0.1, 0.15) is 32.6 Å². The molecule has 2 rings (SSSR count). The highest BCUT2D eigenvalue weighted by molar-refractivity contribution is 5.46. The number of rotatable bonds is 4. The molecule has 0 N–H and O–H groups in total. The SMILES string of the molecule is [C-]#[N+]/C(N=C)=C1\C=C(C)OC(/C=C/C2CCC(N(C)C)CC2)=C1. The van der Waals surface area contributed by atoms with Gasteiger partial charge in [0.15, 0.2) is 0 Å². The minimum atomic E-state index is 0.310. The van der Waals surface area contributed by atoms with Gasteiger partial charge < -0.3 is 14.5 Å². The number of hydrogen-bond acceptors (Lipinski definition) is 3. The Bertz CT molecular complexity index is 609. The molecule has 0 saturated heterocycles. The summed E-state index contributed by atoms with van der Waals surface area (Å²) in [6, 6.07) is 0.712. The molecule has 0 spiro atoms. The molecule has 1 saturated carbocycles. The maximum Gasteiger partial charge on any atom is 0.276 e. The van der Waals surface area contributed by atoms with Gasteiger partial charge in [-0.25, -0.2) is 0 Å². The molecule has 0 aromatic rings. The van der Waals surface area contributed by atoms with Crippen LogP contribution in [0.3, 0.4) is 0 Å². The Kier molecular flexibility index (Phi) is 5.95. The second-order valence-corrected chi connectivity index (χ2v) is 6.34. The quantitative estimate of drug-likeness (QED) is 0.572. The maximum atomic E-state index is 7.16. The van der Waals surface area contributed by atoms with Gasteiger partial charge in [-0.1, -0.05) is 12.6 Å². The topological polar surface area (TPSA) is 29.2 Å². The van der Waals surface area contributed by atoms with Crippen molar-refractivity contribution < 1.29 is 4.74 Å². The van der Waals surface area contributed by atoms with Crippen molar-refractivity contribution in [1.82, 2.24) is 4.90 Å². The van der Waals surface area contributed by atoms with E-state index in [1.165, 1.54) is 25.7 Å². The van der Waals surface area contributed by atoms with Gasteiger partial charge in [-0.2, -0.15) is 0 Å². The lowest BCUT2D eigenvalue weighted by molar-refractivity contribution is 0.209. The zero-order chi connectivity index (χ0) is 16.8. The molecule has 1 heterocycles. The largest absolute Gasteiger partial charge is 0.462 e. The lowest BCUT2D eigenvalue weighted by Crippen LogP contribution is -2.31. The van der Waals surface area contributed by atoms with E-state index in [2.05, 4.69) is 41.6 Å². The van der Waals surface area contributed by atoms with E-state index in [1.54, 1.807) is 0 Å². The van der Waals surface area contributed by atoms with Crippen molar-refractivity contribution in [1.29, 1.82) is 0 Å². The molecule has 1 aliphatic carbocycles. The Morgan fingerprint density at radius 2 is 2.04 bits per heavy atom. The minimum Gasteiger partial charge on any atom is -0.462 e. The van der Waals surface area contributed by atoms with Crippen LogP contribution in [-0.4, -0.2) is 31.8 Å². The number of nitrogens with zero attached hydrogens (tertiary/aromatic N) is 3. The Hall–Kier alpha value is -2.12. The van der Waals surface area contributed by atoms with E-state index in [-0.39, 0.29) is 0 Å². The van der Waals surface area contributed by atoms with Gasteiger partial charge >= 0.3 is 0 Å². The molecule has 0 bridgehead atoms. The minimum absolute atomic E-state index is 0.310. The summed E-state index contributed by atoms with van der Waals surface area (Å²) in [5, 5.41) is 0. The molecule has 0 aromatic carbocycles. The van der Waals surface area contributed by atoms with Crippen LogP contribution in [-0.2, 0) is 4.74 Å². The molecule has 1 aliphatic heterocycles. The summed E-state index contributed by atoms with van der Waals surface area (Å²) in [6.45, 7) is 12.5. The van der Waals surface area contributed by atoms with E-state index in [0.717, 1.165) is 17.1 Å². The van der Waals surface area contributed by atoms with Crippen LogP contribution in [0.4, 0.5) is 0 Å². The van der Waals surface area contributed by atoms with Crippen molar-refractivity contribution in [2.24, 2.45) is 10.9 Å². The molecule has 4 nitrogen and oxygen atoms in total. The molecule has 0 unspecified atom stereocenters. The fourth-order valence-electron chi connectivity index (χ4n) is 3.10. The third kappa shape index (κ3) is 4.67. The summed E-state index contributed by atoms with van der Waals surface area (Å²) in [4.78, 5) is 9.50. The highest BCUT2D eigenvalue weighted by Gasteiger charge is 2.20. The first kappa shape index (κ1) is 17.2.